The van der Waals surface area contributed by atoms with Gasteiger partial charge in [-0.2, -0.15) is 5.10 Å². The highest BCUT2D eigenvalue weighted by atomic mass is 16.5. The van der Waals surface area contributed by atoms with Gasteiger partial charge < -0.3 is 14.9 Å². The molecule has 0 bridgehead atoms. The molecule has 0 saturated heterocycles. The maximum atomic E-state index is 11.7. The molecular formula is C11H16N2O4. The Morgan fingerprint density at radius 3 is 2.94 bits per heavy atom. The Hall–Kier alpha value is -1.40. The summed E-state index contributed by atoms with van der Waals surface area (Å²) in [5.74, 6) is -0.433. The van der Waals surface area contributed by atoms with Gasteiger partial charge in [-0.3, -0.25) is 4.68 Å². The van der Waals surface area contributed by atoms with Crippen molar-refractivity contribution in [1.29, 1.82) is 0 Å². The van der Waals surface area contributed by atoms with Crippen molar-refractivity contribution in [2.24, 2.45) is 0 Å². The topological polar surface area (TPSA) is 84.6 Å². The molecule has 1 heterocycles. The summed E-state index contributed by atoms with van der Waals surface area (Å²) < 4.78 is 6.43. The number of ether oxygens (including phenoxy) is 1. The quantitative estimate of drug-likeness (QED) is 0.565. The van der Waals surface area contributed by atoms with Gasteiger partial charge >= 0.3 is 5.97 Å². The molecule has 0 aromatic carbocycles. The normalized spacial score (nSPS) is 14.1. The first-order valence-electron chi connectivity index (χ1n) is 5.75. The molecule has 94 valence electrons. The van der Waals surface area contributed by atoms with Gasteiger partial charge in [-0.1, -0.05) is 0 Å². The Labute approximate surface area is 98.8 Å². The van der Waals surface area contributed by atoms with Crippen LogP contribution in [0.25, 0.3) is 0 Å². The number of carbonyl (C=O) groups excluding carboxylic acids is 1. The molecular weight excluding hydrogens is 224 g/mol. The van der Waals surface area contributed by atoms with Crippen molar-refractivity contribution in [3.8, 4) is 0 Å². The van der Waals surface area contributed by atoms with Gasteiger partial charge in [0.15, 0.2) is 12.0 Å². The lowest BCUT2D eigenvalue weighted by atomic mass is 10.2. The molecule has 1 aromatic rings. The summed E-state index contributed by atoms with van der Waals surface area (Å²) in [6.07, 6.45) is 1.11. The number of aromatic nitrogens is 2. The van der Waals surface area contributed by atoms with Crippen LogP contribution in [0, 0.1) is 0 Å². The van der Waals surface area contributed by atoms with Gasteiger partial charge in [-0.05, 0) is 26.2 Å². The molecule has 0 aliphatic heterocycles. The van der Waals surface area contributed by atoms with E-state index in [0.29, 0.717) is 12.3 Å². The van der Waals surface area contributed by atoms with E-state index in [1.165, 1.54) is 4.68 Å². The van der Waals surface area contributed by atoms with Crippen molar-refractivity contribution in [1.82, 2.24) is 9.78 Å². The Kier molecular flexibility index (Phi) is 3.44. The molecule has 0 amide bonds. The number of hydrogen-bond donors (Lipinski definition) is 2. The van der Waals surface area contributed by atoms with Crippen molar-refractivity contribution in [2.45, 2.75) is 39.0 Å². The fraction of sp³-hybridized carbons (Fsp3) is 0.636. The number of rotatable bonds is 4. The minimum atomic E-state index is -1.46. The second-order valence-electron chi connectivity index (χ2n) is 4.01. The molecule has 6 heteroatoms. The van der Waals surface area contributed by atoms with Crippen LogP contribution >= 0.6 is 0 Å². The van der Waals surface area contributed by atoms with E-state index in [9.17, 15) is 4.79 Å². The van der Waals surface area contributed by atoms with E-state index in [1.54, 1.807) is 6.92 Å². The lowest BCUT2D eigenvalue weighted by Crippen LogP contribution is -2.18. The maximum Gasteiger partial charge on any atom is 0.359 e. The van der Waals surface area contributed by atoms with Crippen LogP contribution in [-0.2, 0) is 24.1 Å². The van der Waals surface area contributed by atoms with Crippen molar-refractivity contribution < 1.29 is 19.7 Å². The predicted octanol–water partition coefficient (Wildman–Crippen LogP) is -0.141. The number of carbonyl (C=O) groups is 1. The largest absolute Gasteiger partial charge is 0.461 e. The molecule has 1 aliphatic carbocycles. The van der Waals surface area contributed by atoms with Crippen molar-refractivity contribution in [3.05, 3.63) is 17.0 Å². The summed E-state index contributed by atoms with van der Waals surface area (Å²) in [6.45, 7) is 2.04. The minimum absolute atomic E-state index is 0.0122. The van der Waals surface area contributed by atoms with Crippen LogP contribution in [0.5, 0.6) is 0 Å². The SMILES string of the molecule is CCOC(=O)c1nn(CC(O)O)c2c1CCC2. The van der Waals surface area contributed by atoms with Crippen LogP contribution in [-0.4, -0.2) is 38.9 Å². The van der Waals surface area contributed by atoms with Gasteiger partial charge in [0, 0.05) is 11.3 Å². The van der Waals surface area contributed by atoms with Crippen LogP contribution < -0.4 is 0 Å². The fourth-order valence-corrected chi connectivity index (χ4v) is 2.18. The summed E-state index contributed by atoms with van der Waals surface area (Å²) in [6, 6.07) is 0. The van der Waals surface area contributed by atoms with E-state index >= 15 is 0 Å². The highest BCUT2D eigenvalue weighted by molar-refractivity contribution is 5.89. The molecule has 6 nitrogen and oxygen atoms in total. The fourth-order valence-electron chi connectivity index (χ4n) is 2.18. The third-order valence-electron chi connectivity index (χ3n) is 2.81. The number of fused-ring (bicyclic) bond motifs is 1. The number of hydrogen-bond acceptors (Lipinski definition) is 5. The van der Waals surface area contributed by atoms with Crippen molar-refractivity contribution >= 4 is 5.97 Å². The van der Waals surface area contributed by atoms with E-state index in [0.717, 1.165) is 30.5 Å². The molecule has 0 radical (unpaired) electrons. The number of esters is 1. The molecule has 0 unspecified atom stereocenters. The lowest BCUT2D eigenvalue weighted by Gasteiger charge is -2.06. The maximum absolute atomic E-state index is 11.7. The zero-order valence-electron chi connectivity index (χ0n) is 9.72. The molecule has 0 fully saturated rings. The standard InChI is InChI=1S/C11H16N2O4/c1-2-17-11(16)10-7-4-3-5-8(7)13(12-10)6-9(14)15/h9,14-15H,2-6H2,1H3. The molecule has 0 atom stereocenters. The molecule has 1 aromatic heterocycles. The second kappa shape index (κ2) is 4.85. The second-order valence-corrected chi connectivity index (χ2v) is 4.01. The Morgan fingerprint density at radius 2 is 2.29 bits per heavy atom. The summed E-state index contributed by atoms with van der Waals surface area (Å²) in [5, 5.41) is 22.0. The Bertz CT molecular complexity index is 425. The number of aliphatic hydroxyl groups is 2. The highest BCUT2D eigenvalue weighted by Gasteiger charge is 2.27. The lowest BCUT2D eigenvalue weighted by molar-refractivity contribution is -0.0540. The first-order valence-corrected chi connectivity index (χ1v) is 5.75. The Morgan fingerprint density at radius 1 is 1.53 bits per heavy atom. The van der Waals surface area contributed by atoms with Crippen LogP contribution in [0.4, 0.5) is 0 Å². The predicted molar refractivity (Wildman–Crippen MR) is 58.4 cm³/mol. The monoisotopic (exact) mass is 240 g/mol. The molecule has 17 heavy (non-hydrogen) atoms. The van der Waals surface area contributed by atoms with Crippen LogP contribution in [0.3, 0.4) is 0 Å². The summed E-state index contributed by atoms with van der Waals surface area (Å²) in [7, 11) is 0. The van der Waals surface area contributed by atoms with E-state index in [4.69, 9.17) is 14.9 Å². The van der Waals surface area contributed by atoms with Gasteiger partial charge in [0.25, 0.3) is 0 Å². The third-order valence-corrected chi connectivity index (χ3v) is 2.81. The van der Waals surface area contributed by atoms with E-state index in [2.05, 4.69) is 5.10 Å². The average Bonchev–Trinajstić information content (AvgIpc) is 2.81. The average molecular weight is 240 g/mol. The van der Waals surface area contributed by atoms with E-state index in [-0.39, 0.29) is 6.54 Å². The minimum Gasteiger partial charge on any atom is -0.461 e. The van der Waals surface area contributed by atoms with Gasteiger partial charge in [0.1, 0.15) is 0 Å². The van der Waals surface area contributed by atoms with E-state index in [1.807, 2.05) is 0 Å². The molecule has 0 spiro atoms. The van der Waals surface area contributed by atoms with E-state index < -0.39 is 12.3 Å². The van der Waals surface area contributed by atoms with Gasteiger partial charge in [0.2, 0.25) is 0 Å². The summed E-state index contributed by atoms with van der Waals surface area (Å²) in [4.78, 5) is 11.7. The molecule has 2 N–H and O–H groups in total. The van der Waals surface area contributed by atoms with Crippen LogP contribution in [0.1, 0.15) is 35.1 Å². The summed E-state index contributed by atoms with van der Waals surface area (Å²) >= 11 is 0. The van der Waals surface area contributed by atoms with Gasteiger partial charge in [0.05, 0.1) is 13.2 Å². The number of aliphatic hydroxyl groups excluding tert-OH is 1. The Balaban J connectivity index is 2.31. The number of nitrogens with zero attached hydrogens (tertiary/aromatic N) is 2. The highest BCUT2D eigenvalue weighted by Crippen LogP contribution is 2.26. The van der Waals surface area contributed by atoms with Crippen LogP contribution in [0.2, 0.25) is 0 Å². The molecule has 0 saturated carbocycles. The third kappa shape index (κ3) is 2.32. The zero-order valence-corrected chi connectivity index (χ0v) is 9.72. The smallest absolute Gasteiger partial charge is 0.359 e. The van der Waals surface area contributed by atoms with Gasteiger partial charge in [-0.25, -0.2) is 4.79 Å². The zero-order chi connectivity index (χ0) is 12.4. The van der Waals surface area contributed by atoms with Crippen molar-refractivity contribution in [3.63, 3.8) is 0 Å². The van der Waals surface area contributed by atoms with Crippen molar-refractivity contribution in [2.75, 3.05) is 6.61 Å². The van der Waals surface area contributed by atoms with Gasteiger partial charge in [-0.15, -0.1) is 0 Å². The first kappa shape index (κ1) is 12.1. The molecule has 1 aliphatic rings. The first-order chi connectivity index (χ1) is 8.13. The summed E-state index contributed by atoms with van der Waals surface area (Å²) in [5.41, 5.74) is 2.13. The molecule has 2 rings (SSSR count). The van der Waals surface area contributed by atoms with Crippen LogP contribution in [0.15, 0.2) is 0 Å².